The first kappa shape index (κ1) is 15.5. The maximum atomic E-state index is 12.7. The molecule has 0 amide bonds. The Balaban J connectivity index is 1.77. The number of carbonyl (C=O) groups is 1. The minimum Gasteiger partial charge on any atom is -0.455 e. The Hall–Kier alpha value is -2.42. The van der Waals surface area contributed by atoms with Gasteiger partial charge in [-0.2, -0.15) is 13.2 Å². The summed E-state index contributed by atoms with van der Waals surface area (Å²) in [5, 5.41) is 7.32. The van der Waals surface area contributed by atoms with Crippen LogP contribution in [0.15, 0.2) is 30.5 Å². The van der Waals surface area contributed by atoms with Crippen LogP contribution in [0.2, 0.25) is 0 Å². The largest absolute Gasteiger partial charge is 0.455 e. The van der Waals surface area contributed by atoms with Gasteiger partial charge in [-0.05, 0) is 18.2 Å². The molecular formula is C14H12F3N3O3. The van der Waals surface area contributed by atoms with Gasteiger partial charge in [0.05, 0.1) is 30.7 Å². The van der Waals surface area contributed by atoms with Crippen molar-refractivity contribution in [1.82, 2.24) is 15.0 Å². The van der Waals surface area contributed by atoms with Crippen molar-refractivity contribution in [3.05, 3.63) is 41.7 Å². The molecule has 1 aromatic heterocycles. The van der Waals surface area contributed by atoms with Gasteiger partial charge in [0, 0.05) is 6.42 Å². The summed E-state index contributed by atoms with van der Waals surface area (Å²) in [5.74, 6) is -0.682. The molecule has 2 aromatic rings. The highest BCUT2D eigenvalue weighted by Gasteiger charge is 2.30. The molecule has 122 valence electrons. The van der Waals surface area contributed by atoms with E-state index in [2.05, 4.69) is 10.3 Å². The van der Waals surface area contributed by atoms with Crippen LogP contribution in [0.25, 0.3) is 5.69 Å². The van der Waals surface area contributed by atoms with Gasteiger partial charge in [0.25, 0.3) is 0 Å². The molecule has 0 radical (unpaired) electrons. The molecule has 3 rings (SSSR count). The smallest absolute Gasteiger partial charge is 0.416 e. The number of halogens is 3. The number of ether oxygens (including phenoxy) is 2. The van der Waals surface area contributed by atoms with Crippen molar-refractivity contribution in [2.24, 2.45) is 0 Å². The number of nitrogens with zero attached hydrogens (tertiary/aromatic N) is 3. The van der Waals surface area contributed by atoms with Crippen LogP contribution in [0.5, 0.6) is 0 Å². The zero-order chi connectivity index (χ0) is 16.4. The van der Waals surface area contributed by atoms with E-state index in [0.29, 0.717) is 19.6 Å². The molecule has 1 fully saturated rings. The number of esters is 1. The van der Waals surface area contributed by atoms with Crippen LogP contribution in [-0.2, 0) is 15.7 Å². The summed E-state index contributed by atoms with van der Waals surface area (Å²) in [5.41, 5.74) is -0.734. The van der Waals surface area contributed by atoms with Crippen LogP contribution in [0.4, 0.5) is 13.2 Å². The van der Waals surface area contributed by atoms with Crippen LogP contribution in [0.3, 0.4) is 0 Å². The highest BCUT2D eigenvalue weighted by atomic mass is 19.4. The van der Waals surface area contributed by atoms with Gasteiger partial charge in [0.15, 0.2) is 5.69 Å². The van der Waals surface area contributed by atoms with Crippen molar-refractivity contribution in [3.8, 4) is 5.69 Å². The third-order valence-corrected chi connectivity index (χ3v) is 3.30. The van der Waals surface area contributed by atoms with Crippen molar-refractivity contribution in [2.75, 3.05) is 13.2 Å². The first-order valence-corrected chi connectivity index (χ1v) is 6.82. The molecule has 1 saturated heterocycles. The molecular weight excluding hydrogens is 315 g/mol. The lowest BCUT2D eigenvalue weighted by molar-refractivity contribution is -0.137. The normalized spacial score (nSPS) is 18.1. The fourth-order valence-corrected chi connectivity index (χ4v) is 2.13. The minimum atomic E-state index is -4.46. The van der Waals surface area contributed by atoms with Crippen LogP contribution in [0.1, 0.15) is 22.5 Å². The first-order valence-electron chi connectivity index (χ1n) is 6.82. The fourth-order valence-electron chi connectivity index (χ4n) is 2.13. The molecule has 0 N–H and O–H groups in total. The van der Waals surface area contributed by atoms with E-state index < -0.39 is 17.7 Å². The number of rotatable bonds is 3. The molecule has 0 bridgehead atoms. The zero-order valence-electron chi connectivity index (χ0n) is 11.8. The quantitative estimate of drug-likeness (QED) is 0.809. The van der Waals surface area contributed by atoms with Crippen LogP contribution in [0, 0.1) is 0 Å². The highest BCUT2D eigenvalue weighted by molar-refractivity contribution is 5.87. The average Bonchev–Trinajstić information content (AvgIpc) is 3.17. The summed E-state index contributed by atoms with van der Waals surface area (Å²) in [6.07, 6.45) is -2.96. The third kappa shape index (κ3) is 3.50. The molecule has 0 unspecified atom stereocenters. The van der Waals surface area contributed by atoms with E-state index in [4.69, 9.17) is 9.47 Å². The lowest BCUT2D eigenvalue weighted by Gasteiger charge is -2.08. The van der Waals surface area contributed by atoms with Gasteiger partial charge >= 0.3 is 12.1 Å². The Kier molecular flexibility index (Phi) is 4.03. The second-order valence-electron chi connectivity index (χ2n) is 4.99. The predicted molar refractivity (Wildman–Crippen MR) is 71.0 cm³/mol. The Morgan fingerprint density at radius 1 is 1.39 bits per heavy atom. The van der Waals surface area contributed by atoms with Gasteiger partial charge in [-0.1, -0.05) is 11.3 Å². The van der Waals surface area contributed by atoms with Gasteiger partial charge in [-0.3, -0.25) is 0 Å². The maximum absolute atomic E-state index is 12.7. The van der Waals surface area contributed by atoms with Crippen molar-refractivity contribution in [3.63, 3.8) is 0 Å². The summed E-state index contributed by atoms with van der Waals surface area (Å²) >= 11 is 0. The standard InChI is InChI=1S/C14H12F3N3O3/c15-14(16,17)9-2-1-3-10(6-9)20-7-12(18-19-20)13(21)23-11-4-5-22-8-11/h1-3,6-7,11H,4-5,8H2/t11-/m1/s1. The van der Waals surface area contributed by atoms with E-state index in [0.717, 1.165) is 16.8 Å². The van der Waals surface area contributed by atoms with Crippen LogP contribution >= 0.6 is 0 Å². The molecule has 2 heterocycles. The fraction of sp³-hybridized carbons (Fsp3) is 0.357. The number of aromatic nitrogens is 3. The SMILES string of the molecule is O=C(O[C@@H]1CCOC1)c1cn(-c2cccc(C(F)(F)F)c2)nn1. The summed E-state index contributed by atoms with van der Waals surface area (Å²) in [6.45, 7) is 0.850. The third-order valence-electron chi connectivity index (χ3n) is 3.30. The van der Waals surface area contributed by atoms with Gasteiger partial charge in [0.1, 0.15) is 6.10 Å². The van der Waals surface area contributed by atoms with Crippen molar-refractivity contribution < 1.29 is 27.4 Å². The molecule has 0 aliphatic carbocycles. The lowest BCUT2D eigenvalue weighted by atomic mass is 10.2. The number of alkyl halides is 3. The highest BCUT2D eigenvalue weighted by Crippen LogP contribution is 2.30. The minimum absolute atomic E-state index is 0.0747. The number of carbonyl (C=O) groups excluding carboxylic acids is 1. The predicted octanol–water partition coefficient (Wildman–Crippen LogP) is 2.23. The number of hydrogen-bond donors (Lipinski definition) is 0. The van der Waals surface area contributed by atoms with E-state index >= 15 is 0 Å². The van der Waals surface area contributed by atoms with Crippen LogP contribution < -0.4 is 0 Å². The molecule has 1 atom stereocenters. The maximum Gasteiger partial charge on any atom is 0.416 e. The monoisotopic (exact) mass is 327 g/mol. The van der Waals surface area contributed by atoms with E-state index in [1.807, 2.05) is 0 Å². The Bertz CT molecular complexity index is 709. The Morgan fingerprint density at radius 2 is 2.22 bits per heavy atom. The first-order chi connectivity index (χ1) is 10.9. The Morgan fingerprint density at radius 3 is 2.91 bits per heavy atom. The molecule has 0 spiro atoms. The van der Waals surface area contributed by atoms with E-state index in [-0.39, 0.29) is 17.5 Å². The second-order valence-corrected chi connectivity index (χ2v) is 4.99. The van der Waals surface area contributed by atoms with Crippen molar-refractivity contribution in [2.45, 2.75) is 18.7 Å². The molecule has 1 aliphatic rings. The second kappa shape index (κ2) is 5.99. The summed E-state index contributed by atoms with van der Waals surface area (Å²) in [4.78, 5) is 11.9. The summed E-state index contributed by atoms with van der Waals surface area (Å²) in [7, 11) is 0. The average molecular weight is 327 g/mol. The van der Waals surface area contributed by atoms with Gasteiger partial charge < -0.3 is 9.47 Å². The van der Waals surface area contributed by atoms with Gasteiger partial charge in [-0.25, -0.2) is 9.48 Å². The molecule has 6 nitrogen and oxygen atoms in total. The molecule has 9 heteroatoms. The molecule has 1 aliphatic heterocycles. The van der Waals surface area contributed by atoms with E-state index in [9.17, 15) is 18.0 Å². The summed E-state index contributed by atoms with van der Waals surface area (Å²) < 4.78 is 49.5. The van der Waals surface area contributed by atoms with E-state index in [1.165, 1.54) is 18.3 Å². The topological polar surface area (TPSA) is 66.2 Å². The molecule has 0 saturated carbocycles. The lowest BCUT2D eigenvalue weighted by Crippen LogP contribution is -2.18. The number of hydrogen-bond acceptors (Lipinski definition) is 5. The summed E-state index contributed by atoms with van der Waals surface area (Å²) in [6, 6.07) is 4.57. The number of benzene rings is 1. The Labute approximate surface area is 128 Å². The van der Waals surface area contributed by atoms with Crippen molar-refractivity contribution >= 4 is 5.97 Å². The molecule has 23 heavy (non-hydrogen) atoms. The zero-order valence-corrected chi connectivity index (χ0v) is 11.8. The molecule has 1 aromatic carbocycles. The van der Waals surface area contributed by atoms with E-state index in [1.54, 1.807) is 0 Å². The van der Waals surface area contributed by atoms with Gasteiger partial charge in [-0.15, -0.1) is 5.10 Å². The van der Waals surface area contributed by atoms with Crippen molar-refractivity contribution in [1.29, 1.82) is 0 Å². The van der Waals surface area contributed by atoms with Gasteiger partial charge in [0.2, 0.25) is 0 Å². The van der Waals surface area contributed by atoms with Crippen LogP contribution in [-0.4, -0.2) is 40.3 Å².